The number of benzene rings is 2. The number of rotatable bonds is 8. The highest BCUT2D eigenvalue weighted by atomic mass is 35.5. The monoisotopic (exact) mass is 330 g/mol. The Balaban J connectivity index is 2.08. The lowest BCUT2D eigenvalue weighted by molar-refractivity contribution is 0.213. The van der Waals surface area contributed by atoms with Gasteiger partial charge >= 0.3 is 0 Å². The van der Waals surface area contributed by atoms with Crippen molar-refractivity contribution in [3.05, 3.63) is 70.2 Å². The molecule has 124 valence electrons. The van der Waals surface area contributed by atoms with Crippen molar-refractivity contribution in [2.75, 3.05) is 19.6 Å². The second kappa shape index (κ2) is 9.07. The van der Waals surface area contributed by atoms with Gasteiger partial charge in [-0.2, -0.15) is 0 Å². The van der Waals surface area contributed by atoms with Crippen molar-refractivity contribution < 1.29 is 0 Å². The number of halogens is 1. The van der Waals surface area contributed by atoms with Crippen LogP contribution in [0.4, 0.5) is 0 Å². The predicted molar refractivity (Wildman–Crippen MR) is 100.0 cm³/mol. The van der Waals surface area contributed by atoms with Gasteiger partial charge in [-0.05, 0) is 37.2 Å². The fourth-order valence-corrected chi connectivity index (χ4v) is 3.28. The van der Waals surface area contributed by atoms with E-state index in [0.717, 1.165) is 31.2 Å². The Morgan fingerprint density at radius 2 is 1.78 bits per heavy atom. The van der Waals surface area contributed by atoms with Gasteiger partial charge < -0.3 is 5.32 Å². The van der Waals surface area contributed by atoms with E-state index in [0.29, 0.717) is 6.04 Å². The summed E-state index contributed by atoms with van der Waals surface area (Å²) in [5.41, 5.74) is 3.83. The summed E-state index contributed by atoms with van der Waals surface area (Å²) in [7, 11) is 0. The van der Waals surface area contributed by atoms with Crippen LogP contribution >= 0.6 is 11.6 Å². The Labute approximate surface area is 145 Å². The van der Waals surface area contributed by atoms with Gasteiger partial charge in [0.1, 0.15) is 0 Å². The minimum atomic E-state index is 0.295. The molecule has 1 atom stereocenters. The molecular weight excluding hydrogens is 304 g/mol. The largest absolute Gasteiger partial charge is 0.311 e. The molecule has 1 N–H and O–H groups in total. The quantitative estimate of drug-likeness (QED) is 0.746. The smallest absolute Gasteiger partial charge is 0.0487 e. The molecule has 0 saturated heterocycles. The summed E-state index contributed by atoms with van der Waals surface area (Å²) < 4.78 is 0. The van der Waals surface area contributed by atoms with E-state index in [1.54, 1.807) is 0 Å². The van der Waals surface area contributed by atoms with E-state index < -0.39 is 0 Å². The van der Waals surface area contributed by atoms with Gasteiger partial charge in [0.05, 0.1) is 0 Å². The van der Waals surface area contributed by atoms with Crippen LogP contribution < -0.4 is 5.32 Å². The molecule has 0 aromatic heterocycles. The first-order valence-corrected chi connectivity index (χ1v) is 8.78. The van der Waals surface area contributed by atoms with E-state index in [-0.39, 0.29) is 0 Å². The van der Waals surface area contributed by atoms with Gasteiger partial charge in [-0.3, -0.25) is 4.90 Å². The standard InChI is InChI=1S/C20H27ClN2/c1-4-23(5-2)20(18-11-6-7-12-19(18)21)15-22-14-17-10-8-9-16(3)13-17/h6-13,20,22H,4-5,14-15H2,1-3H3. The Bertz CT molecular complexity index is 608. The topological polar surface area (TPSA) is 15.3 Å². The Morgan fingerprint density at radius 1 is 1.04 bits per heavy atom. The lowest BCUT2D eigenvalue weighted by atomic mass is 10.0. The molecule has 0 aliphatic carbocycles. The summed E-state index contributed by atoms with van der Waals surface area (Å²) in [6.45, 7) is 10.3. The molecule has 0 amide bonds. The summed E-state index contributed by atoms with van der Waals surface area (Å²) in [6.07, 6.45) is 0. The first-order chi connectivity index (χ1) is 11.2. The molecule has 0 saturated carbocycles. The van der Waals surface area contributed by atoms with E-state index in [1.807, 2.05) is 12.1 Å². The van der Waals surface area contributed by atoms with Crippen LogP contribution in [0.1, 0.15) is 36.6 Å². The Kier molecular flexibility index (Phi) is 7.10. The minimum absolute atomic E-state index is 0.295. The van der Waals surface area contributed by atoms with Crippen LogP contribution in [0.2, 0.25) is 5.02 Å². The number of nitrogens with zero attached hydrogens (tertiary/aromatic N) is 1. The third-order valence-corrected chi connectivity index (χ3v) is 4.61. The van der Waals surface area contributed by atoms with Crippen LogP contribution in [0.3, 0.4) is 0 Å². The average Bonchev–Trinajstić information content (AvgIpc) is 2.55. The molecule has 2 nitrogen and oxygen atoms in total. The maximum absolute atomic E-state index is 6.44. The maximum Gasteiger partial charge on any atom is 0.0487 e. The molecular formula is C20H27ClN2. The second-order valence-corrected chi connectivity index (χ2v) is 6.29. The molecule has 0 radical (unpaired) electrons. The zero-order chi connectivity index (χ0) is 16.7. The maximum atomic E-state index is 6.44. The molecule has 0 heterocycles. The van der Waals surface area contributed by atoms with Crippen molar-refractivity contribution in [1.82, 2.24) is 10.2 Å². The third-order valence-electron chi connectivity index (χ3n) is 4.27. The molecule has 0 aliphatic rings. The Hall–Kier alpha value is -1.35. The lowest BCUT2D eigenvalue weighted by Gasteiger charge is -2.31. The highest BCUT2D eigenvalue weighted by molar-refractivity contribution is 6.31. The molecule has 0 spiro atoms. The molecule has 0 aliphatic heterocycles. The van der Waals surface area contributed by atoms with Crippen LogP contribution in [0.5, 0.6) is 0 Å². The van der Waals surface area contributed by atoms with Crippen molar-refractivity contribution in [1.29, 1.82) is 0 Å². The number of nitrogens with one attached hydrogen (secondary N) is 1. The molecule has 0 bridgehead atoms. The summed E-state index contributed by atoms with van der Waals surface area (Å²) in [6, 6.07) is 17.1. The van der Waals surface area contributed by atoms with Crippen LogP contribution in [0, 0.1) is 6.92 Å². The van der Waals surface area contributed by atoms with Gasteiger partial charge in [-0.15, -0.1) is 0 Å². The summed E-state index contributed by atoms with van der Waals surface area (Å²) in [4.78, 5) is 2.45. The summed E-state index contributed by atoms with van der Waals surface area (Å²) in [5, 5.41) is 4.45. The number of hydrogen-bond acceptors (Lipinski definition) is 2. The molecule has 23 heavy (non-hydrogen) atoms. The van der Waals surface area contributed by atoms with Crippen molar-refractivity contribution >= 4 is 11.6 Å². The first kappa shape index (κ1) is 18.0. The van der Waals surface area contributed by atoms with Gasteiger partial charge in [0.2, 0.25) is 0 Å². The van der Waals surface area contributed by atoms with Gasteiger partial charge in [0, 0.05) is 24.2 Å². The Morgan fingerprint density at radius 3 is 2.43 bits per heavy atom. The number of hydrogen-bond donors (Lipinski definition) is 1. The molecule has 3 heteroatoms. The molecule has 0 fully saturated rings. The molecule has 2 aromatic carbocycles. The van der Waals surface area contributed by atoms with E-state index in [9.17, 15) is 0 Å². The zero-order valence-electron chi connectivity index (χ0n) is 14.3. The minimum Gasteiger partial charge on any atom is -0.311 e. The van der Waals surface area contributed by atoms with E-state index in [2.05, 4.69) is 67.4 Å². The second-order valence-electron chi connectivity index (χ2n) is 5.88. The lowest BCUT2D eigenvalue weighted by Crippen LogP contribution is -2.35. The van der Waals surface area contributed by atoms with Crippen molar-refractivity contribution in [2.45, 2.75) is 33.4 Å². The van der Waals surface area contributed by atoms with E-state index in [4.69, 9.17) is 11.6 Å². The van der Waals surface area contributed by atoms with Gasteiger partial charge in [-0.1, -0.05) is 73.5 Å². The van der Waals surface area contributed by atoms with Gasteiger partial charge in [-0.25, -0.2) is 0 Å². The zero-order valence-corrected chi connectivity index (χ0v) is 15.1. The summed E-state index contributed by atoms with van der Waals surface area (Å²) in [5.74, 6) is 0. The number of likely N-dealkylation sites (N-methyl/N-ethyl adjacent to an activating group) is 1. The third kappa shape index (κ3) is 5.07. The SMILES string of the molecule is CCN(CC)C(CNCc1cccc(C)c1)c1ccccc1Cl. The van der Waals surface area contributed by atoms with Crippen LogP contribution in [-0.4, -0.2) is 24.5 Å². The van der Waals surface area contributed by atoms with Crippen molar-refractivity contribution in [3.8, 4) is 0 Å². The highest BCUT2D eigenvalue weighted by Gasteiger charge is 2.19. The number of aryl methyl sites for hydroxylation is 1. The normalized spacial score (nSPS) is 12.6. The molecule has 2 rings (SSSR count). The first-order valence-electron chi connectivity index (χ1n) is 8.40. The van der Waals surface area contributed by atoms with Crippen LogP contribution in [0.15, 0.2) is 48.5 Å². The van der Waals surface area contributed by atoms with Crippen molar-refractivity contribution in [2.24, 2.45) is 0 Å². The van der Waals surface area contributed by atoms with Crippen LogP contribution in [-0.2, 0) is 6.54 Å². The van der Waals surface area contributed by atoms with Crippen molar-refractivity contribution in [3.63, 3.8) is 0 Å². The fraction of sp³-hybridized carbons (Fsp3) is 0.400. The molecule has 2 aromatic rings. The highest BCUT2D eigenvalue weighted by Crippen LogP contribution is 2.27. The van der Waals surface area contributed by atoms with E-state index in [1.165, 1.54) is 16.7 Å². The fourth-order valence-electron chi connectivity index (χ4n) is 3.02. The van der Waals surface area contributed by atoms with Gasteiger partial charge in [0.15, 0.2) is 0 Å². The van der Waals surface area contributed by atoms with Gasteiger partial charge in [0.25, 0.3) is 0 Å². The molecule has 1 unspecified atom stereocenters. The predicted octanol–water partition coefficient (Wildman–Crippen LogP) is 4.82. The average molecular weight is 331 g/mol. The summed E-state index contributed by atoms with van der Waals surface area (Å²) >= 11 is 6.44. The van der Waals surface area contributed by atoms with Crippen LogP contribution in [0.25, 0.3) is 0 Å². The van der Waals surface area contributed by atoms with E-state index >= 15 is 0 Å².